The molecular formula is C8H7N3O. The molecule has 12 heavy (non-hydrogen) atoms. The Balaban J connectivity index is 2.84. The van der Waals surface area contributed by atoms with E-state index in [-0.39, 0.29) is 0 Å². The number of benzene rings is 1. The Morgan fingerprint density at radius 3 is 2.58 bits per heavy atom. The fourth-order valence-electron chi connectivity index (χ4n) is 0.847. The fourth-order valence-corrected chi connectivity index (χ4v) is 0.847. The maximum atomic E-state index is 10.1. The summed E-state index contributed by atoms with van der Waals surface area (Å²) >= 11 is 0. The molecule has 0 aliphatic carbocycles. The zero-order chi connectivity index (χ0) is 8.81. The van der Waals surface area contributed by atoms with Gasteiger partial charge in [-0.1, -0.05) is 29.4 Å². The molecule has 4 heteroatoms. The van der Waals surface area contributed by atoms with Crippen LogP contribution in [-0.4, -0.2) is 6.29 Å². The summed E-state index contributed by atoms with van der Waals surface area (Å²) in [6.07, 6.45) is 1.24. The molecule has 1 aromatic carbocycles. The van der Waals surface area contributed by atoms with Crippen molar-refractivity contribution < 1.29 is 4.79 Å². The summed E-state index contributed by atoms with van der Waals surface area (Å²) in [5.41, 5.74) is 9.58. The van der Waals surface area contributed by atoms with Crippen molar-refractivity contribution in [3.63, 3.8) is 0 Å². The smallest absolute Gasteiger partial charge is 0.124 e. The van der Waals surface area contributed by atoms with Crippen LogP contribution < -0.4 is 0 Å². The highest BCUT2D eigenvalue weighted by Gasteiger charge is 1.90. The van der Waals surface area contributed by atoms with Crippen LogP contribution in [0.1, 0.15) is 5.56 Å². The van der Waals surface area contributed by atoms with Crippen molar-refractivity contribution in [2.45, 2.75) is 6.42 Å². The molecule has 4 nitrogen and oxygen atoms in total. The minimum Gasteiger partial charge on any atom is -0.303 e. The zero-order valence-electron chi connectivity index (χ0n) is 6.34. The third-order valence-corrected chi connectivity index (χ3v) is 1.42. The van der Waals surface area contributed by atoms with E-state index in [0.717, 1.165) is 11.8 Å². The molecule has 60 valence electrons. The van der Waals surface area contributed by atoms with Gasteiger partial charge in [-0.25, -0.2) is 0 Å². The average molecular weight is 161 g/mol. The Morgan fingerprint density at radius 2 is 2.08 bits per heavy atom. The van der Waals surface area contributed by atoms with Crippen LogP contribution in [0.3, 0.4) is 0 Å². The van der Waals surface area contributed by atoms with Gasteiger partial charge in [0, 0.05) is 17.0 Å². The first-order chi connectivity index (χ1) is 5.86. The molecule has 0 N–H and O–H groups in total. The molecule has 0 spiro atoms. The van der Waals surface area contributed by atoms with E-state index in [1.54, 1.807) is 24.3 Å². The molecule has 0 saturated carbocycles. The molecule has 0 fully saturated rings. The van der Waals surface area contributed by atoms with Crippen LogP contribution in [0.2, 0.25) is 0 Å². The predicted molar refractivity (Wildman–Crippen MR) is 45.0 cm³/mol. The molecule has 0 amide bonds. The Kier molecular flexibility index (Phi) is 2.87. The van der Waals surface area contributed by atoms with E-state index in [2.05, 4.69) is 10.0 Å². The Bertz CT molecular complexity index is 312. The minimum atomic E-state index is 0.399. The van der Waals surface area contributed by atoms with Crippen molar-refractivity contribution in [2.24, 2.45) is 5.11 Å². The van der Waals surface area contributed by atoms with Gasteiger partial charge in [-0.05, 0) is 11.1 Å². The van der Waals surface area contributed by atoms with Crippen molar-refractivity contribution >= 4 is 12.0 Å². The van der Waals surface area contributed by atoms with Crippen LogP contribution in [0.5, 0.6) is 0 Å². The molecule has 0 saturated heterocycles. The van der Waals surface area contributed by atoms with Gasteiger partial charge in [0.25, 0.3) is 0 Å². The lowest BCUT2D eigenvalue weighted by Gasteiger charge is -1.94. The summed E-state index contributed by atoms with van der Waals surface area (Å²) in [6.45, 7) is 0. The Morgan fingerprint density at radius 1 is 1.42 bits per heavy atom. The quantitative estimate of drug-likeness (QED) is 0.290. The number of hydrogen-bond acceptors (Lipinski definition) is 2. The highest BCUT2D eigenvalue weighted by molar-refractivity contribution is 5.55. The van der Waals surface area contributed by atoms with Crippen LogP contribution in [0.4, 0.5) is 5.69 Å². The minimum absolute atomic E-state index is 0.399. The molecule has 0 atom stereocenters. The number of aldehydes is 1. The van der Waals surface area contributed by atoms with E-state index in [0.29, 0.717) is 12.1 Å². The van der Waals surface area contributed by atoms with Gasteiger partial charge in [-0.2, -0.15) is 0 Å². The van der Waals surface area contributed by atoms with Gasteiger partial charge in [0.05, 0.1) is 0 Å². The van der Waals surface area contributed by atoms with E-state index in [4.69, 9.17) is 5.53 Å². The first kappa shape index (κ1) is 8.30. The van der Waals surface area contributed by atoms with Gasteiger partial charge in [-0.15, -0.1) is 0 Å². The highest BCUT2D eigenvalue weighted by atomic mass is 16.1. The summed E-state index contributed by atoms with van der Waals surface area (Å²) in [5, 5.41) is 3.40. The van der Waals surface area contributed by atoms with Gasteiger partial charge in [0.2, 0.25) is 0 Å². The number of azide groups is 1. The number of carbonyl (C=O) groups excluding carboxylic acids is 1. The Labute approximate surface area is 69.5 Å². The first-order valence-corrected chi connectivity index (χ1v) is 3.44. The number of hydrogen-bond donors (Lipinski definition) is 0. The van der Waals surface area contributed by atoms with E-state index in [1.165, 1.54) is 0 Å². The molecule has 0 radical (unpaired) electrons. The van der Waals surface area contributed by atoms with Crippen molar-refractivity contribution in [1.29, 1.82) is 0 Å². The number of nitrogens with zero attached hydrogens (tertiary/aromatic N) is 3. The van der Waals surface area contributed by atoms with E-state index in [1.807, 2.05) is 0 Å². The fraction of sp³-hybridized carbons (Fsp3) is 0.125. The summed E-state index contributed by atoms with van der Waals surface area (Å²) in [4.78, 5) is 12.7. The third kappa shape index (κ3) is 2.11. The van der Waals surface area contributed by atoms with Crippen LogP contribution in [0, 0.1) is 0 Å². The average Bonchev–Trinajstić information content (AvgIpc) is 2.09. The van der Waals surface area contributed by atoms with E-state index >= 15 is 0 Å². The molecule has 0 aromatic heterocycles. The zero-order valence-corrected chi connectivity index (χ0v) is 6.34. The SMILES string of the molecule is [N-]=[N+]=Nc1ccc(CC=O)cc1. The van der Waals surface area contributed by atoms with Crippen LogP contribution in [0.25, 0.3) is 10.4 Å². The molecule has 1 rings (SSSR count). The normalized spacial score (nSPS) is 8.67. The van der Waals surface area contributed by atoms with E-state index < -0.39 is 0 Å². The van der Waals surface area contributed by atoms with Crippen molar-refractivity contribution in [2.75, 3.05) is 0 Å². The van der Waals surface area contributed by atoms with Gasteiger partial charge in [-0.3, -0.25) is 0 Å². The van der Waals surface area contributed by atoms with Crippen molar-refractivity contribution in [3.8, 4) is 0 Å². The lowest BCUT2D eigenvalue weighted by Crippen LogP contribution is -1.82. The third-order valence-electron chi connectivity index (χ3n) is 1.42. The molecule has 0 aliphatic heterocycles. The summed E-state index contributed by atoms with van der Waals surface area (Å²) in [7, 11) is 0. The van der Waals surface area contributed by atoms with Crippen LogP contribution >= 0.6 is 0 Å². The number of rotatable bonds is 3. The monoisotopic (exact) mass is 161 g/mol. The lowest BCUT2D eigenvalue weighted by molar-refractivity contribution is -0.107. The van der Waals surface area contributed by atoms with Gasteiger partial charge >= 0.3 is 0 Å². The summed E-state index contributed by atoms with van der Waals surface area (Å²) in [5.74, 6) is 0. The molecule has 0 aliphatic rings. The van der Waals surface area contributed by atoms with Gasteiger partial charge in [0.1, 0.15) is 6.29 Å². The summed E-state index contributed by atoms with van der Waals surface area (Å²) in [6, 6.07) is 6.88. The highest BCUT2D eigenvalue weighted by Crippen LogP contribution is 2.12. The summed E-state index contributed by atoms with van der Waals surface area (Å²) < 4.78 is 0. The van der Waals surface area contributed by atoms with Crippen LogP contribution in [-0.2, 0) is 11.2 Å². The lowest BCUT2D eigenvalue weighted by atomic mass is 10.1. The predicted octanol–water partition coefficient (Wildman–Crippen LogP) is 2.37. The number of carbonyl (C=O) groups is 1. The maximum Gasteiger partial charge on any atom is 0.124 e. The van der Waals surface area contributed by atoms with E-state index in [9.17, 15) is 4.79 Å². The second-order valence-corrected chi connectivity index (χ2v) is 2.23. The van der Waals surface area contributed by atoms with Gasteiger partial charge < -0.3 is 4.79 Å². The molecular weight excluding hydrogens is 154 g/mol. The standard InChI is InChI=1S/C8H7N3O/c9-11-10-8-3-1-7(2-4-8)5-6-12/h1-4,6H,5H2. The largest absolute Gasteiger partial charge is 0.303 e. The van der Waals surface area contributed by atoms with Crippen molar-refractivity contribution in [3.05, 3.63) is 40.3 Å². The topological polar surface area (TPSA) is 65.8 Å². The van der Waals surface area contributed by atoms with Crippen molar-refractivity contribution in [1.82, 2.24) is 0 Å². The first-order valence-electron chi connectivity index (χ1n) is 3.44. The van der Waals surface area contributed by atoms with Crippen LogP contribution in [0.15, 0.2) is 29.4 Å². The second-order valence-electron chi connectivity index (χ2n) is 2.23. The molecule has 1 aromatic rings. The second kappa shape index (κ2) is 4.16. The van der Waals surface area contributed by atoms with Gasteiger partial charge in [0.15, 0.2) is 0 Å². The molecule has 0 unspecified atom stereocenters. The Hall–Kier alpha value is -1.80. The molecule has 0 bridgehead atoms. The molecule has 0 heterocycles. The maximum absolute atomic E-state index is 10.1.